The SMILES string of the molecule is Cc1ccc(-c2n[n-]c(-c3ccc([N+](=O)[O-])cc3[N+](=O)[O-])c2[N+](=O)[O-])c([N+](=O)[O-])c1.O=[N+]([O-])c1ccc(-c2n[n-]c(-c3ccc([N+](=O)[O-])cc3[N+](=O)[O-])c2[N+](=O)[O-])c([N+](=O)[O-])c1.[Cu].[Cu].[HH].[NH2-].[NH2-].[NH2-].[NH2-].[OH3+]. The Kier molecular flexibility index (Phi) is 23.6. The van der Waals surface area contributed by atoms with Crippen LogP contribution in [0.4, 0.5) is 51.2 Å². The van der Waals surface area contributed by atoms with Crippen molar-refractivity contribution >= 4 is 51.2 Å². The standard InChI is InChI=1S/C16H9N6O8.C15H6N7O10.2Cu.4H2N.H2O.H2/c1-8-2-4-10(12(6-8)20(25)26)14-16(22(29)30)15(18-17-14)11-5-3-9(19(23)24)7-13(11)21(27)28;23-18(24)7-1-3-9(11(5-7)20(27)28)13-15(22(31)32)14(17-16-13)10-4-2-8(19(25)26)6-12(10)21(29)30;;;;;;;;/h2-7H,1H3;1-6H;;;5*1H2;1H/q2*-1;;;4*-1;;/p+1. The van der Waals surface area contributed by atoms with Gasteiger partial charge in [-0.05, 0) is 48.1 Å². The minimum atomic E-state index is -1.04. The summed E-state index contributed by atoms with van der Waals surface area (Å²) in [4.78, 5) is 93.3. The third-order valence-corrected chi connectivity index (χ3v) is 8.30. The van der Waals surface area contributed by atoms with E-state index < -0.39 is 129 Å². The second kappa shape index (κ2) is 25.4. The number of hydrogen-bond donors (Lipinski definition) is 0. The summed E-state index contributed by atoms with van der Waals surface area (Å²) in [6, 6.07) is 11.0. The van der Waals surface area contributed by atoms with Gasteiger partial charge in [-0.2, -0.15) is 0 Å². The van der Waals surface area contributed by atoms with E-state index in [9.17, 15) is 91.0 Å². The number of benzene rings is 4. The zero-order valence-electron chi connectivity index (χ0n) is 33.6. The second-order valence-corrected chi connectivity index (χ2v) is 11.9. The fourth-order valence-electron chi connectivity index (χ4n) is 5.63. The first-order valence-electron chi connectivity index (χ1n) is 16.0. The number of nitro groups is 9. The van der Waals surface area contributed by atoms with Crippen LogP contribution < -0.4 is 10.2 Å². The Hall–Kier alpha value is -9.26. The molecule has 2 heterocycles. The molecule has 0 atom stereocenters. The molecule has 2 radical (unpaired) electrons. The molecule has 6 rings (SSSR count). The van der Waals surface area contributed by atoms with Crippen LogP contribution in [-0.2, 0) is 39.6 Å². The Labute approximate surface area is 401 Å². The maximum Gasteiger partial charge on any atom is 0.285 e. The number of hydrogen-bond acceptors (Lipinski definition) is 20. The van der Waals surface area contributed by atoms with E-state index in [-0.39, 0.29) is 76.8 Å². The number of rotatable bonds is 13. The fraction of sp³-hybridized carbons (Fsp3) is 0.0323. The van der Waals surface area contributed by atoms with Gasteiger partial charge >= 0.3 is 0 Å². The second-order valence-electron chi connectivity index (χ2n) is 11.9. The van der Waals surface area contributed by atoms with Gasteiger partial charge in [-0.15, -0.1) is 0 Å². The zero-order chi connectivity index (χ0) is 45.9. The maximum absolute atomic E-state index is 11.7. The predicted molar refractivity (Wildman–Crippen MR) is 230 cm³/mol. The molecule has 0 saturated carbocycles. The molecular formula is C31H28Cu2N17O19-5. The molecule has 2 aromatic heterocycles. The third-order valence-electron chi connectivity index (χ3n) is 8.30. The summed E-state index contributed by atoms with van der Waals surface area (Å²) in [5.74, 6) is 0. The van der Waals surface area contributed by atoms with Crippen molar-refractivity contribution in [2.75, 3.05) is 0 Å². The van der Waals surface area contributed by atoms with Crippen molar-refractivity contribution in [3.63, 3.8) is 0 Å². The fourth-order valence-corrected chi connectivity index (χ4v) is 5.63. The van der Waals surface area contributed by atoms with Gasteiger partial charge in [0, 0.05) is 71.0 Å². The molecule has 0 fully saturated rings. The molecular weight excluding hydrogens is 1040 g/mol. The van der Waals surface area contributed by atoms with E-state index >= 15 is 0 Å². The summed E-state index contributed by atoms with van der Waals surface area (Å²) in [5, 5.41) is 116. The molecule has 0 aliphatic heterocycles. The molecule has 38 heteroatoms. The molecule has 4 aromatic carbocycles. The first-order valence-corrected chi connectivity index (χ1v) is 16.0. The Morgan fingerprint density at radius 2 is 0.652 bits per heavy atom. The molecule has 0 aliphatic carbocycles. The first-order chi connectivity index (χ1) is 29.1. The van der Waals surface area contributed by atoms with Gasteiger partial charge < -0.3 is 50.5 Å². The Bertz CT molecular complexity index is 2900. The number of aryl methyl sites for hydroxylation is 1. The predicted octanol–water partition coefficient (Wildman–Crippen LogP) is 8.42. The smallest absolute Gasteiger partial charge is 0.285 e. The van der Waals surface area contributed by atoms with Crippen LogP contribution >= 0.6 is 0 Å². The van der Waals surface area contributed by atoms with Crippen molar-refractivity contribution in [2.24, 2.45) is 0 Å². The van der Waals surface area contributed by atoms with Gasteiger partial charge in [-0.3, -0.25) is 91.0 Å². The van der Waals surface area contributed by atoms with Crippen LogP contribution in [0, 0.1) is 98.0 Å². The van der Waals surface area contributed by atoms with Gasteiger partial charge in [-0.25, -0.2) is 0 Å². The van der Waals surface area contributed by atoms with Crippen LogP contribution in [0.15, 0.2) is 72.8 Å². The van der Waals surface area contributed by atoms with Crippen LogP contribution in [0.3, 0.4) is 0 Å². The largest absolute Gasteiger partial charge is 0.693 e. The number of aromatic nitrogens is 4. The van der Waals surface area contributed by atoms with Gasteiger partial charge in [0.15, 0.2) is 0 Å². The van der Waals surface area contributed by atoms with Gasteiger partial charge in [0.2, 0.25) is 0 Å². The quantitative estimate of drug-likeness (QED) is 0.0453. The van der Waals surface area contributed by atoms with Crippen LogP contribution in [0.1, 0.15) is 6.99 Å². The van der Waals surface area contributed by atoms with E-state index in [0.717, 1.165) is 36.4 Å². The molecule has 0 amide bonds. The zero-order valence-corrected chi connectivity index (χ0v) is 35.5. The molecule has 6 aromatic rings. The van der Waals surface area contributed by atoms with Crippen molar-refractivity contribution in [1.29, 1.82) is 0 Å². The molecule has 36 nitrogen and oxygen atoms in total. The van der Waals surface area contributed by atoms with Crippen molar-refractivity contribution in [1.82, 2.24) is 20.4 Å². The molecule has 0 spiro atoms. The van der Waals surface area contributed by atoms with E-state index in [0.29, 0.717) is 23.8 Å². The van der Waals surface area contributed by atoms with Crippen molar-refractivity contribution in [3.8, 4) is 45.0 Å². The van der Waals surface area contributed by atoms with E-state index in [1.807, 2.05) is 0 Å². The molecule has 0 aliphatic rings. The van der Waals surface area contributed by atoms with Gasteiger partial charge in [0.25, 0.3) is 51.2 Å². The average Bonchev–Trinajstić information content (AvgIpc) is 3.86. The summed E-state index contributed by atoms with van der Waals surface area (Å²) in [5.41, 5.74) is -10.0. The van der Waals surface area contributed by atoms with E-state index in [1.54, 1.807) is 6.92 Å². The Balaban J connectivity index is -0.000000559. The summed E-state index contributed by atoms with van der Waals surface area (Å²) < 4.78 is 0. The number of nitrogens with two attached hydrogens (primary N) is 4. The monoisotopic (exact) mass is 1070 g/mol. The van der Waals surface area contributed by atoms with Gasteiger partial charge in [0.05, 0.1) is 73.6 Å². The number of nitro benzene ring substituents is 7. The molecule has 0 bridgehead atoms. The molecule has 0 saturated heterocycles. The average molecular weight is 1070 g/mol. The van der Waals surface area contributed by atoms with E-state index in [4.69, 9.17) is 0 Å². The van der Waals surface area contributed by atoms with Gasteiger partial charge in [0.1, 0.15) is 11.4 Å². The molecule has 11 N–H and O–H groups in total. The summed E-state index contributed by atoms with van der Waals surface area (Å²) in [6.07, 6.45) is 0. The van der Waals surface area contributed by atoms with E-state index in [2.05, 4.69) is 20.4 Å². The number of non-ortho nitro benzene ring substituents is 3. The van der Waals surface area contributed by atoms with Crippen molar-refractivity contribution in [2.45, 2.75) is 6.92 Å². The number of nitrogens with zero attached hydrogens (tertiary/aromatic N) is 13. The van der Waals surface area contributed by atoms with E-state index in [1.165, 1.54) is 18.2 Å². The molecule has 378 valence electrons. The Morgan fingerprint density at radius 3 is 0.928 bits per heavy atom. The van der Waals surface area contributed by atoms with Crippen molar-refractivity contribution in [3.05, 3.63) is 194 Å². The summed E-state index contributed by atoms with van der Waals surface area (Å²) in [7, 11) is 0. The van der Waals surface area contributed by atoms with Crippen LogP contribution in [0.5, 0.6) is 0 Å². The summed E-state index contributed by atoms with van der Waals surface area (Å²) in [6.45, 7) is 1.59. The first kappa shape index (κ1) is 64.0. The Morgan fingerprint density at radius 1 is 0.391 bits per heavy atom. The topological polar surface area (TPSA) is 609 Å². The maximum atomic E-state index is 11.7. The van der Waals surface area contributed by atoms with Crippen LogP contribution in [0.25, 0.3) is 69.6 Å². The van der Waals surface area contributed by atoms with Crippen LogP contribution in [0.2, 0.25) is 0 Å². The summed E-state index contributed by atoms with van der Waals surface area (Å²) >= 11 is 0. The molecule has 0 unspecified atom stereocenters. The third kappa shape index (κ3) is 13.0. The van der Waals surface area contributed by atoms with Crippen molar-refractivity contribution < 1.29 is 85.3 Å². The minimum absolute atomic E-state index is 0. The normalized spacial score (nSPS) is 9.46. The minimum Gasteiger partial charge on any atom is -0.693 e. The van der Waals surface area contributed by atoms with Gasteiger partial charge in [-0.1, -0.05) is 6.07 Å². The van der Waals surface area contributed by atoms with Crippen LogP contribution in [-0.4, -0.2) is 54.5 Å². The molecule has 69 heavy (non-hydrogen) atoms.